The van der Waals surface area contributed by atoms with E-state index in [1.807, 2.05) is 24.7 Å². The van der Waals surface area contributed by atoms with Crippen LogP contribution < -0.4 is 5.32 Å². The standard InChI is InChI=1S/C15H16N4/c1-2-17-14(15-18-8-9-19-15)12-5-3-4-11-6-7-16-10-13(11)12/h3-10,14,17H,2H2,1H3,(H,18,19). The minimum atomic E-state index is 0.0629. The van der Waals surface area contributed by atoms with Crippen molar-refractivity contribution in [3.63, 3.8) is 0 Å². The number of nitrogens with one attached hydrogen (secondary N) is 2. The number of aromatic nitrogens is 3. The van der Waals surface area contributed by atoms with E-state index in [1.165, 1.54) is 10.9 Å². The van der Waals surface area contributed by atoms with Crippen LogP contribution in [0.2, 0.25) is 0 Å². The van der Waals surface area contributed by atoms with Crippen molar-refractivity contribution in [1.29, 1.82) is 0 Å². The van der Waals surface area contributed by atoms with E-state index in [-0.39, 0.29) is 6.04 Å². The largest absolute Gasteiger partial charge is 0.347 e. The lowest BCUT2D eigenvalue weighted by molar-refractivity contribution is 0.607. The first-order valence-electron chi connectivity index (χ1n) is 6.45. The van der Waals surface area contributed by atoms with Crippen LogP contribution in [0.15, 0.2) is 49.1 Å². The highest BCUT2D eigenvalue weighted by Gasteiger charge is 2.17. The van der Waals surface area contributed by atoms with E-state index < -0.39 is 0 Å². The number of hydrogen-bond acceptors (Lipinski definition) is 3. The number of aromatic amines is 1. The molecular formula is C15H16N4. The summed E-state index contributed by atoms with van der Waals surface area (Å²) in [6.07, 6.45) is 7.37. The maximum absolute atomic E-state index is 4.38. The number of hydrogen-bond donors (Lipinski definition) is 2. The van der Waals surface area contributed by atoms with Gasteiger partial charge in [-0.3, -0.25) is 4.98 Å². The Morgan fingerprint density at radius 3 is 3.00 bits per heavy atom. The number of nitrogens with zero attached hydrogens (tertiary/aromatic N) is 2. The van der Waals surface area contributed by atoms with E-state index in [9.17, 15) is 0 Å². The molecule has 1 atom stereocenters. The first-order valence-corrected chi connectivity index (χ1v) is 6.45. The third-order valence-electron chi connectivity index (χ3n) is 3.23. The number of rotatable bonds is 4. The smallest absolute Gasteiger partial charge is 0.127 e. The molecule has 0 radical (unpaired) electrons. The summed E-state index contributed by atoms with van der Waals surface area (Å²) >= 11 is 0. The summed E-state index contributed by atoms with van der Waals surface area (Å²) in [7, 11) is 0. The molecule has 0 aliphatic carbocycles. The van der Waals surface area contributed by atoms with Gasteiger partial charge in [0.2, 0.25) is 0 Å². The molecule has 1 unspecified atom stereocenters. The normalized spacial score (nSPS) is 12.7. The summed E-state index contributed by atoms with van der Waals surface area (Å²) in [6, 6.07) is 8.40. The third kappa shape index (κ3) is 2.22. The van der Waals surface area contributed by atoms with Crippen molar-refractivity contribution in [2.75, 3.05) is 6.54 Å². The van der Waals surface area contributed by atoms with Crippen LogP contribution in [0.25, 0.3) is 10.8 Å². The fraction of sp³-hybridized carbons (Fsp3) is 0.200. The van der Waals surface area contributed by atoms with E-state index in [1.54, 1.807) is 6.20 Å². The highest BCUT2D eigenvalue weighted by molar-refractivity contribution is 5.85. The maximum Gasteiger partial charge on any atom is 0.127 e. The van der Waals surface area contributed by atoms with Gasteiger partial charge in [-0.05, 0) is 23.6 Å². The van der Waals surface area contributed by atoms with E-state index >= 15 is 0 Å². The minimum Gasteiger partial charge on any atom is -0.347 e. The Hall–Kier alpha value is -2.20. The molecule has 19 heavy (non-hydrogen) atoms. The Balaban J connectivity index is 2.15. The fourth-order valence-corrected chi connectivity index (χ4v) is 2.38. The molecule has 0 fully saturated rings. The van der Waals surface area contributed by atoms with Crippen molar-refractivity contribution in [2.45, 2.75) is 13.0 Å². The van der Waals surface area contributed by atoms with Gasteiger partial charge in [0, 0.05) is 30.2 Å². The predicted molar refractivity (Wildman–Crippen MR) is 75.9 cm³/mol. The van der Waals surface area contributed by atoms with Gasteiger partial charge < -0.3 is 10.3 Å². The zero-order chi connectivity index (χ0) is 13.1. The zero-order valence-electron chi connectivity index (χ0n) is 10.8. The highest BCUT2D eigenvalue weighted by Crippen LogP contribution is 2.26. The van der Waals surface area contributed by atoms with Crippen molar-refractivity contribution in [2.24, 2.45) is 0 Å². The molecule has 0 bridgehead atoms. The van der Waals surface area contributed by atoms with Gasteiger partial charge in [-0.1, -0.05) is 25.1 Å². The van der Waals surface area contributed by atoms with Crippen LogP contribution in [-0.2, 0) is 0 Å². The molecule has 2 heterocycles. The van der Waals surface area contributed by atoms with Gasteiger partial charge in [-0.25, -0.2) is 4.98 Å². The lowest BCUT2D eigenvalue weighted by atomic mass is 10.00. The molecule has 2 aromatic heterocycles. The first-order chi connectivity index (χ1) is 9.40. The molecule has 4 nitrogen and oxygen atoms in total. The molecule has 0 spiro atoms. The lowest BCUT2D eigenvalue weighted by Crippen LogP contribution is -2.23. The van der Waals surface area contributed by atoms with Crippen LogP contribution >= 0.6 is 0 Å². The van der Waals surface area contributed by atoms with Crippen molar-refractivity contribution >= 4 is 10.8 Å². The summed E-state index contributed by atoms with van der Waals surface area (Å²) in [5, 5.41) is 5.83. The topological polar surface area (TPSA) is 53.6 Å². The number of fused-ring (bicyclic) bond motifs is 1. The monoisotopic (exact) mass is 252 g/mol. The number of pyridine rings is 1. The van der Waals surface area contributed by atoms with Crippen molar-refractivity contribution in [3.05, 3.63) is 60.4 Å². The minimum absolute atomic E-state index is 0.0629. The number of benzene rings is 1. The third-order valence-corrected chi connectivity index (χ3v) is 3.23. The zero-order valence-corrected chi connectivity index (χ0v) is 10.8. The summed E-state index contributed by atoms with van der Waals surface area (Å²) in [4.78, 5) is 11.8. The van der Waals surface area contributed by atoms with Crippen LogP contribution in [0.4, 0.5) is 0 Å². The second-order valence-corrected chi connectivity index (χ2v) is 4.41. The lowest BCUT2D eigenvalue weighted by Gasteiger charge is -2.18. The van der Waals surface area contributed by atoms with E-state index in [0.29, 0.717) is 0 Å². The average Bonchev–Trinajstić information content (AvgIpc) is 2.98. The Morgan fingerprint density at radius 1 is 1.26 bits per heavy atom. The summed E-state index contributed by atoms with van der Waals surface area (Å²) in [5.41, 5.74) is 1.20. The molecule has 0 saturated carbocycles. The van der Waals surface area contributed by atoms with Crippen LogP contribution in [0.5, 0.6) is 0 Å². The van der Waals surface area contributed by atoms with Crippen LogP contribution in [-0.4, -0.2) is 21.5 Å². The number of H-pyrrole nitrogens is 1. The van der Waals surface area contributed by atoms with Gasteiger partial charge in [-0.15, -0.1) is 0 Å². The first kappa shape index (κ1) is 11.9. The van der Waals surface area contributed by atoms with E-state index in [2.05, 4.69) is 45.4 Å². The molecule has 4 heteroatoms. The molecule has 96 valence electrons. The second-order valence-electron chi connectivity index (χ2n) is 4.41. The van der Waals surface area contributed by atoms with Crippen molar-refractivity contribution in [1.82, 2.24) is 20.3 Å². The fourth-order valence-electron chi connectivity index (χ4n) is 2.38. The van der Waals surface area contributed by atoms with Crippen LogP contribution in [0.1, 0.15) is 24.4 Å². The van der Waals surface area contributed by atoms with Crippen molar-refractivity contribution in [3.8, 4) is 0 Å². The predicted octanol–water partition coefficient (Wildman–Crippen LogP) is 2.66. The van der Waals surface area contributed by atoms with Gasteiger partial charge in [0.05, 0.1) is 6.04 Å². The summed E-state index contributed by atoms with van der Waals surface area (Å²) in [6.45, 7) is 2.97. The van der Waals surface area contributed by atoms with E-state index in [0.717, 1.165) is 17.8 Å². The number of imidazole rings is 1. The Labute approximate surface area is 111 Å². The summed E-state index contributed by atoms with van der Waals surface area (Å²) in [5.74, 6) is 0.929. The maximum atomic E-state index is 4.38. The Bertz CT molecular complexity index is 655. The van der Waals surface area contributed by atoms with Gasteiger partial charge in [0.1, 0.15) is 5.82 Å². The quantitative estimate of drug-likeness (QED) is 0.750. The molecule has 0 amide bonds. The molecule has 2 N–H and O–H groups in total. The molecular weight excluding hydrogens is 236 g/mol. The van der Waals surface area contributed by atoms with Crippen LogP contribution in [0.3, 0.4) is 0 Å². The van der Waals surface area contributed by atoms with E-state index in [4.69, 9.17) is 0 Å². The Kier molecular flexibility index (Phi) is 3.25. The van der Waals surface area contributed by atoms with Crippen molar-refractivity contribution < 1.29 is 0 Å². The molecule has 0 saturated heterocycles. The molecule has 0 aliphatic rings. The molecule has 0 aliphatic heterocycles. The average molecular weight is 252 g/mol. The summed E-state index contributed by atoms with van der Waals surface area (Å²) < 4.78 is 0. The van der Waals surface area contributed by atoms with Gasteiger partial charge in [0.25, 0.3) is 0 Å². The highest BCUT2D eigenvalue weighted by atomic mass is 15.0. The SMILES string of the molecule is CCNC(c1ncc[nH]1)c1cccc2ccncc12. The Morgan fingerprint density at radius 2 is 2.21 bits per heavy atom. The molecule has 3 rings (SSSR count). The molecule has 1 aromatic carbocycles. The molecule has 3 aromatic rings. The van der Waals surface area contributed by atoms with Gasteiger partial charge >= 0.3 is 0 Å². The second kappa shape index (κ2) is 5.20. The van der Waals surface area contributed by atoms with Gasteiger partial charge in [-0.2, -0.15) is 0 Å². The van der Waals surface area contributed by atoms with Crippen LogP contribution in [0, 0.1) is 0 Å². The van der Waals surface area contributed by atoms with Gasteiger partial charge in [0.15, 0.2) is 0 Å².